The minimum absolute atomic E-state index is 0.0280. The number of thiophene rings is 1. The average molecular weight is 401 g/mol. The molecule has 0 aliphatic heterocycles. The van der Waals surface area contributed by atoms with E-state index in [1.165, 1.54) is 12.0 Å². The van der Waals surface area contributed by atoms with E-state index in [1.807, 2.05) is 13.0 Å². The van der Waals surface area contributed by atoms with Gasteiger partial charge >= 0.3 is 5.97 Å². The standard InChI is InChI=1S/C21H24N2O4S/c1-4-16-13-17-19(28-16)22-18(5-2)23(20(17)24)11-6-12-27-15-9-7-14(8-10-15)21(25)26-3/h7-10,13H,4-6,11-12H2,1-3H3. The summed E-state index contributed by atoms with van der Waals surface area (Å²) in [5.41, 5.74) is 0.510. The maximum Gasteiger partial charge on any atom is 0.337 e. The third-order valence-corrected chi connectivity index (χ3v) is 5.69. The van der Waals surface area contributed by atoms with Gasteiger partial charge in [-0.05, 0) is 43.2 Å². The lowest BCUT2D eigenvalue weighted by Crippen LogP contribution is -2.25. The van der Waals surface area contributed by atoms with Crippen LogP contribution in [0.25, 0.3) is 10.2 Å². The number of carbonyl (C=O) groups is 1. The molecule has 0 spiro atoms. The van der Waals surface area contributed by atoms with Gasteiger partial charge in [0.05, 0.1) is 24.7 Å². The van der Waals surface area contributed by atoms with Crippen LogP contribution in [-0.2, 0) is 24.1 Å². The van der Waals surface area contributed by atoms with Crippen molar-refractivity contribution in [3.8, 4) is 5.75 Å². The number of fused-ring (bicyclic) bond motifs is 1. The number of esters is 1. The lowest BCUT2D eigenvalue weighted by atomic mass is 10.2. The summed E-state index contributed by atoms with van der Waals surface area (Å²) in [6, 6.07) is 8.77. The van der Waals surface area contributed by atoms with Crippen LogP contribution >= 0.6 is 11.3 Å². The lowest BCUT2D eigenvalue weighted by molar-refractivity contribution is 0.0600. The van der Waals surface area contributed by atoms with Gasteiger partial charge in [0, 0.05) is 17.8 Å². The van der Waals surface area contributed by atoms with Gasteiger partial charge in [0.25, 0.3) is 5.56 Å². The number of carbonyl (C=O) groups excluding carboxylic acids is 1. The maximum atomic E-state index is 12.9. The van der Waals surface area contributed by atoms with Crippen molar-refractivity contribution in [2.75, 3.05) is 13.7 Å². The third-order valence-electron chi connectivity index (χ3n) is 4.52. The molecule has 28 heavy (non-hydrogen) atoms. The number of aryl methyl sites for hydroxylation is 2. The topological polar surface area (TPSA) is 70.4 Å². The molecule has 0 unspecified atom stereocenters. The van der Waals surface area contributed by atoms with Crippen LogP contribution in [-0.4, -0.2) is 29.2 Å². The number of benzene rings is 1. The summed E-state index contributed by atoms with van der Waals surface area (Å²) < 4.78 is 12.2. The van der Waals surface area contributed by atoms with Crippen molar-refractivity contribution in [1.29, 1.82) is 0 Å². The van der Waals surface area contributed by atoms with Crippen LogP contribution in [0.3, 0.4) is 0 Å². The first-order valence-electron chi connectivity index (χ1n) is 9.40. The van der Waals surface area contributed by atoms with E-state index in [2.05, 4.69) is 11.7 Å². The van der Waals surface area contributed by atoms with Crippen molar-refractivity contribution in [2.45, 2.75) is 39.7 Å². The van der Waals surface area contributed by atoms with Crippen LogP contribution in [0, 0.1) is 0 Å². The Morgan fingerprint density at radius 2 is 1.93 bits per heavy atom. The molecule has 0 fully saturated rings. The van der Waals surface area contributed by atoms with E-state index in [9.17, 15) is 9.59 Å². The smallest absolute Gasteiger partial charge is 0.337 e. The number of methoxy groups -OCH3 is 1. The van der Waals surface area contributed by atoms with Gasteiger partial charge in [-0.2, -0.15) is 0 Å². The van der Waals surface area contributed by atoms with Gasteiger partial charge in [0.15, 0.2) is 0 Å². The molecular weight excluding hydrogens is 376 g/mol. The zero-order valence-electron chi connectivity index (χ0n) is 16.4. The highest BCUT2D eigenvalue weighted by molar-refractivity contribution is 7.18. The molecule has 0 N–H and O–H groups in total. The first-order valence-corrected chi connectivity index (χ1v) is 10.2. The molecule has 3 rings (SSSR count). The van der Waals surface area contributed by atoms with Crippen LogP contribution in [0.4, 0.5) is 0 Å². The van der Waals surface area contributed by atoms with Crippen molar-refractivity contribution >= 4 is 27.5 Å². The van der Waals surface area contributed by atoms with Gasteiger partial charge in [-0.25, -0.2) is 9.78 Å². The van der Waals surface area contributed by atoms with Gasteiger partial charge in [0.1, 0.15) is 16.4 Å². The fourth-order valence-corrected chi connectivity index (χ4v) is 3.98. The Balaban J connectivity index is 1.66. The SMILES string of the molecule is CCc1cc2c(=O)n(CCCOc3ccc(C(=O)OC)cc3)c(CC)nc2s1. The zero-order chi connectivity index (χ0) is 20.1. The molecule has 0 atom stereocenters. The van der Waals surface area contributed by atoms with E-state index >= 15 is 0 Å². The van der Waals surface area contributed by atoms with Gasteiger partial charge in [-0.3, -0.25) is 9.36 Å². The van der Waals surface area contributed by atoms with Crippen LogP contribution in [0.15, 0.2) is 35.1 Å². The van der Waals surface area contributed by atoms with Crippen molar-refractivity contribution in [1.82, 2.24) is 9.55 Å². The Kier molecular flexibility index (Phi) is 6.46. The molecule has 0 saturated carbocycles. The van der Waals surface area contributed by atoms with Gasteiger partial charge in [-0.15, -0.1) is 11.3 Å². The predicted molar refractivity (Wildman–Crippen MR) is 111 cm³/mol. The van der Waals surface area contributed by atoms with Crippen molar-refractivity contribution in [2.24, 2.45) is 0 Å². The molecule has 0 aliphatic rings. The summed E-state index contributed by atoms with van der Waals surface area (Å²) in [6.07, 6.45) is 2.30. The minimum atomic E-state index is -0.374. The summed E-state index contributed by atoms with van der Waals surface area (Å²) in [5.74, 6) is 1.11. The van der Waals surface area contributed by atoms with Gasteiger partial charge in [-0.1, -0.05) is 13.8 Å². The molecule has 2 heterocycles. The van der Waals surface area contributed by atoms with E-state index in [-0.39, 0.29) is 11.5 Å². The van der Waals surface area contributed by atoms with E-state index < -0.39 is 0 Å². The van der Waals surface area contributed by atoms with Crippen LogP contribution in [0.2, 0.25) is 0 Å². The van der Waals surface area contributed by atoms with E-state index in [0.717, 1.165) is 17.1 Å². The Morgan fingerprint density at radius 3 is 2.57 bits per heavy atom. The molecule has 6 nitrogen and oxygen atoms in total. The average Bonchev–Trinajstić information content (AvgIpc) is 3.15. The first-order chi connectivity index (χ1) is 13.6. The van der Waals surface area contributed by atoms with Gasteiger partial charge < -0.3 is 9.47 Å². The zero-order valence-corrected chi connectivity index (χ0v) is 17.2. The number of rotatable bonds is 8. The van der Waals surface area contributed by atoms with Crippen LogP contribution in [0.1, 0.15) is 41.3 Å². The summed E-state index contributed by atoms with van der Waals surface area (Å²) in [5, 5.41) is 0.707. The molecule has 1 aromatic carbocycles. The highest BCUT2D eigenvalue weighted by atomic mass is 32.1. The molecule has 3 aromatic rings. The van der Waals surface area contributed by atoms with Crippen molar-refractivity contribution in [3.63, 3.8) is 0 Å². The molecule has 0 amide bonds. The second-order valence-corrected chi connectivity index (χ2v) is 7.46. The van der Waals surface area contributed by atoms with E-state index in [0.29, 0.717) is 42.7 Å². The molecule has 148 valence electrons. The normalized spacial score (nSPS) is 11.0. The first kappa shape index (κ1) is 20.1. The summed E-state index contributed by atoms with van der Waals surface area (Å²) in [6.45, 7) is 5.12. The fraction of sp³-hybridized carbons (Fsp3) is 0.381. The monoisotopic (exact) mass is 400 g/mol. The summed E-state index contributed by atoms with van der Waals surface area (Å²) in [4.78, 5) is 31.0. The number of nitrogens with zero attached hydrogens (tertiary/aromatic N) is 2. The van der Waals surface area contributed by atoms with Crippen molar-refractivity contribution in [3.05, 3.63) is 57.0 Å². The van der Waals surface area contributed by atoms with Crippen LogP contribution < -0.4 is 10.3 Å². The van der Waals surface area contributed by atoms with Gasteiger partial charge in [0.2, 0.25) is 0 Å². The summed E-state index contributed by atoms with van der Waals surface area (Å²) >= 11 is 1.60. The molecular formula is C21H24N2O4S. The summed E-state index contributed by atoms with van der Waals surface area (Å²) in [7, 11) is 1.35. The number of hydrogen-bond donors (Lipinski definition) is 0. The second kappa shape index (κ2) is 9.01. The molecule has 7 heteroatoms. The number of hydrogen-bond acceptors (Lipinski definition) is 6. The third kappa shape index (κ3) is 4.25. The quantitative estimate of drug-likeness (QED) is 0.424. The molecule has 0 bridgehead atoms. The van der Waals surface area contributed by atoms with E-state index in [4.69, 9.17) is 9.72 Å². The molecule has 0 radical (unpaired) electrons. The molecule has 0 saturated heterocycles. The van der Waals surface area contributed by atoms with Crippen molar-refractivity contribution < 1.29 is 14.3 Å². The Labute approximate surface area is 167 Å². The van der Waals surface area contributed by atoms with E-state index in [1.54, 1.807) is 40.2 Å². The largest absolute Gasteiger partial charge is 0.494 e. The predicted octanol–water partition coefficient (Wildman–Crippen LogP) is 3.84. The molecule has 2 aromatic heterocycles. The number of ether oxygens (including phenoxy) is 2. The Hall–Kier alpha value is -2.67. The fourth-order valence-electron chi connectivity index (χ4n) is 3.00. The Bertz CT molecular complexity index is 1020. The minimum Gasteiger partial charge on any atom is -0.494 e. The maximum absolute atomic E-state index is 12.9. The highest BCUT2D eigenvalue weighted by Gasteiger charge is 2.13. The van der Waals surface area contributed by atoms with Crippen LogP contribution in [0.5, 0.6) is 5.75 Å². The Morgan fingerprint density at radius 1 is 1.18 bits per heavy atom. The second-order valence-electron chi connectivity index (χ2n) is 6.34. The lowest BCUT2D eigenvalue weighted by Gasteiger charge is -2.12. The highest BCUT2D eigenvalue weighted by Crippen LogP contribution is 2.22. The number of aromatic nitrogens is 2. The molecule has 0 aliphatic carbocycles.